The smallest absolute Gasteiger partial charge is 0.330 e. The average Bonchev–Trinajstić information content (AvgIpc) is 2.27. The van der Waals surface area contributed by atoms with Gasteiger partial charge >= 0.3 is 5.97 Å². The Morgan fingerprint density at radius 3 is 2.76 bits per heavy atom. The number of carbonyl (C=O) groups is 1. The van der Waals surface area contributed by atoms with Crippen LogP contribution in [0, 0.1) is 0 Å². The van der Waals surface area contributed by atoms with E-state index in [2.05, 4.69) is 11.6 Å². The first kappa shape index (κ1) is 13.4. The molecule has 17 heavy (non-hydrogen) atoms. The molecule has 1 heterocycles. The largest absolute Gasteiger partial charge is 0.456 e. The maximum Gasteiger partial charge on any atom is 0.330 e. The molecule has 0 atom stereocenters. The second kappa shape index (κ2) is 5.59. The monoisotopic (exact) mass is 235 g/mol. The third-order valence-corrected chi connectivity index (χ3v) is 2.18. The van der Waals surface area contributed by atoms with E-state index in [-0.39, 0.29) is 6.61 Å². The van der Waals surface area contributed by atoms with E-state index in [1.54, 1.807) is 6.07 Å². The van der Waals surface area contributed by atoms with Gasteiger partial charge in [-0.25, -0.2) is 4.79 Å². The summed E-state index contributed by atoms with van der Waals surface area (Å²) in [6, 6.07) is 5.40. The molecule has 0 fully saturated rings. The van der Waals surface area contributed by atoms with E-state index >= 15 is 0 Å². The van der Waals surface area contributed by atoms with E-state index < -0.39 is 11.6 Å². The van der Waals surface area contributed by atoms with Crippen LogP contribution in [0.4, 0.5) is 0 Å². The van der Waals surface area contributed by atoms with Crippen LogP contribution in [0.25, 0.3) is 0 Å². The Bertz CT molecular complexity index is 413. The molecule has 0 saturated heterocycles. The Morgan fingerprint density at radius 2 is 2.18 bits per heavy atom. The number of aliphatic hydroxyl groups is 1. The Morgan fingerprint density at radius 1 is 1.53 bits per heavy atom. The number of hydrogen-bond acceptors (Lipinski definition) is 4. The molecule has 4 heteroatoms. The number of aromatic nitrogens is 1. The van der Waals surface area contributed by atoms with Crippen LogP contribution in [0.5, 0.6) is 0 Å². The predicted molar refractivity (Wildman–Crippen MR) is 64.2 cm³/mol. The molecule has 0 unspecified atom stereocenters. The summed E-state index contributed by atoms with van der Waals surface area (Å²) in [5.74, 6) is -0.451. The van der Waals surface area contributed by atoms with Gasteiger partial charge in [0.25, 0.3) is 0 Å². The maximum atomic E-state index is 11.1. The molecular formula is C13H17NO3. The van der Waals surface area contributed by atoms with Crippen molar-refractivity contribution in [2.75, 3.05) is 0 Å². The van der Waals surface area contributed by atoms with E-state index in [1.807, 2.05) is 26.0 Å². The van der Waals surface area contributed by atoms with Crippen LogP contribution in [0.3, 0.4) is 0 Å². The molecule has 1 N–H and O–H groups in total. The predicted octanol–water partition coefficient (Wildman–Crippen LogP) is 1.62. The Hall–Kier alpha value is -1.68. The third-order valence-electron chi connectivity index (χ3n) is 2.18. The zero-order valence-corrected chi connectivity index (χ0v) is 10.1. The molecule has 0 radical (unpaired) electrons. The van der Waals surface area contributed by atoms with Gasteiger partial charge in [0, 0.05) is 18.2 Å². The number of aliphatic hydroxyl groups excluding tert-OH is 1. The van der Waals surface area contributed by atoms with Crippen molar-refractivity contribution < 1.29 is 14.6 Å². The molecule has 0 aliphatic carbocycles. The van der Waals surface area contributed by atoms with Crippen LogP contribution in [0.2, 0.25) is 0 Å². The summed E-state index contributed by atoms with van der Waals surface area (Å²) < 4.78 is 5.20. The SMILES string of the molecule is C=CC(=O)OC(C)(C)Cc1cccc(CO)n1. The van der Waals surface area contributed by atoms with Crippen LogP contribution >= 0.6 is 0 Å². The number of ether oxygens (including phenoxy) is 1. The van der Waals surface area contributed by atoms with Crippen molar-refractivity contribution >= 4 is 5.97 Å². The topological polar surface area (TPSA) is 59.4 Å². The number of rotatable bonds is 5. The summed E-state index contributed by atoms with van der Waals surface area (Å²) in [6.07, 6.45) is 1.62. The van der Waals surface area contributed by atoms with Crippen LogP contribution in [0.15, 0.2) is 30.9 Å². The van der Waals surface area contributed by atoms with E-state index in [9.17, 15) is 4.79 Å². The van der Waals surface area contributed by atoms with Crippen molar-refractivity contribution in [3.63, 3.8) is 0 Å². The number of nitrogens with zero attached hydrogens (tertiary/aromatic N) is 1. The first-order chi connectivity index (χ1) is 7.96. The normalized spacial score (nSPS) is 11.0. The van der Waals surface area contributed by atoms with Crippen LogP contribution in [-0.2, 0) is 22.6 Å². The van der Waals surface area contributed by atoms with Crippen molar-refractivity contribution in [2.24, 2.45) is 0 Å². The second-order valence-corrected chi connectivity index (χ2v) is 4.34. The van der Waals surface area contributed by atoms with Crippen molar-refractivity contribution in [1.82, 2.24) is 4.98 Å². The van der Waals surface area contributed by atoms with Gasteiger partial charge in [-0.3, -0.25) is 4.98 Å². The van der Waals surface area contributed by atoms with Crippen molar-refractivity contribution in [1.29, 1.82) is 0 Å². The quantitative estimate of drug-likeness (QED) is 0.622. The van der Waals surface area contributed by atoms with Gasteiger partial charge in [0.15, 0.2) is 0 Å². The fourth-order valence-corrected chi connectivity index (χ4v) is 1.50. The fourth-order valence-electron chi connectivity index (χ4n) is 1.50. The first-order valence-corrected chi connectivity index (χ1v) is 5.38. The minimum atomic E-state index is -0.646. The Kier molecular flexibility index (Phi) is 4.40. The van der Waals surface area contributed by atoms with Crippen LogP contribution < -0.4 is 0 Å². The van der Waals surface area contributed by atoms with Gasteiger partial charge in [0.2, 0.25) is 0 Å². The highest BCUT2D eigenvalue weighted by Crippen LogP contribution is 2.16. The van der Waals surface area contributed by atoms with E-state index in [1.165, 1.54) is 0 Å². The Labute approximate surface area is 101 Å². The molecule has 1 aromatic heterocycles. The summed E-state index contributed by atoms with van der Waals surface area (Å²) >= 11 is 0. The zero-order valence-electron chi connectivity index (χ0n) is 10.1. The molecule has 0 bridgehead atoms. The minimum Gasteiger partial charge on any atom is -0.456 e. The lowest BCUT2D eigenvalue weighted by Crippen LogP contribution is -2.30. The molecule has 4 nitrogen and oxygen atoms in total. The number of hydrogen-bond donors (Lipinski definition) is 1. The average molecular weight is 235 g/mol. The molecule has 0 spiro atoms. The van der Waals surface area contributed by atoms with Gasteiger partial charge < -0.3 is 9.84 Å². The van der Waals surface area contributed by atoms with E-state index in [0.717, 1.165) is 11.8 Å². The zero-order chi connectivity index (χ0) is 12.9. The highest BCUT2D eigenvalue weighted by molar-refractivity contribution is 5.81. The fraction of sp³-hybridized carbons (Fsp3) is 0.385. The lowest BCUT2D eigenvalue weighted by atomic mass is 10.0. The molecular weight excluding hydrogens is 218 g/mol. The maximum absolute atomic E-state index is 11.1. The summed E-state index contributed by atoms with van der Waals surface area (Å²) in [4.78, 5) is 15.4. The second-order valence-electron chi connectivity index (χ2n) is 4.34. The standard InChI is InChI=1S/C13H17NO3/c1-4-12(16)17-13(2,3)8-10-6-5-7-11(9-15)14-10/h4-7,15H,1,8-9H2,2-3H3. The highest BCUT2D eigenvalue weighted by atomic mass is 16.6. The van der Waals surface area contributed by atoms with Crippen LogP contribution in [0.1, 0.15) is 25.2 Å². The minimum absolute atomic E-state index is 0.0965. The number of pyridine rings is 1. The van der Waals surface area contributed by atoms with Crippen molar-refractivity contribution in [3.05, 3.63) is 42.2 Å². The van der Waals surface area contributed by atoms with Gasteiger partial charge in [0.05, 0.1) is 12.3 Å². The van der Waals surface area contributed by atoms with Crippen molar-refractivity contribution in [3.8, 4) is 0 Å². The Balaban J connectivity index is 2.74. The molecule has 0 aliphatic rings. The van der Waals surface area contributed by atoms with Gasteiger partial charge in [0.1, 0.15) is 5.60 Å². The summed E-state index contributed by atoms with van der Waals surface area (Å²) in [7, 11) is 0. The molecule has 0 aliphatic heterocycles. The van der Waals surface area contributed by atoms with E-state index in [4.69, 9.17) is 9.84 Å². The van der Waals surface area contributed by atoms with Gasteiger partial charge in [-0.2, -0.15) is 0 Å². The molecule has 0 aromatic carbocycles. The molecule has 0 amide bonds. The molecule has 1 aromatic rings. The van der Waals surface area contributed by atoms with Gasteiger partial charge in [-0.1, -0.05) is 12.6 Å². The van der Waals surface area contributed by atoms with Crippen molar-refractivity contribution in [2.45, 2.75) is 32.5 Å². The van der Waals surface area contributed by atoms with Gasteiger partial charge in [-0.15, -0.1) is 0 Å². The summed E-state index contributed by atoms with van der Waals surface area (Å²) in [5.41, 5.74) is 0.735. The molecule has 92 valence electrons. The molecule has 0 saturated carbocycles. The summed E-state index contributed by atoms with van der Waals surface area (Å²) in [5, 5.41) is 8.98. The highest BCUT2D eigenvalue weighted by Gasteiger charge is 2.23. The first-order valence-electron chi connectivity index (χ1n) is 5.38. The number of carbonyl (C=O) groups excluding carboxylic acids is 1. The number of esters is 1. The molecule has 1 rings (SSSR count). The lowest BCUT2D eigenvalue weighted by Gasteiger charge is -2.24. The summed E-state index contributed by atoms with van der Waals surface area (Å²) in [6.45, 7) is 6.87. The lowest BCUT2D eigenvalue weighted by molar-refractivity contribution is -0.150. The van der Waals surface area contributed by atoms with Crippen LogP contribution in [-0.4, -0.2) is 21.7 Å². The van der Waals surface area contributed by atoms with Gasteiger partial charge in [-0.05, 0) is 26.0 Å². The third kappa shape index (κ3) is 4.36. The van der Waals surface area contributed by atoms with E-state index in [0.29, 0.717) is 12.1 Å².